The van der Waals surface area contributed by atoms with Crippen molar-refractivity contribution in [1.29, 1.82) is 0 Å². The molecule has 0 aromatic heterocycles. The number of hydrogen-bond donors (Lipinski definition) is 3. The third-order valence-corrected chi connectivity index (χ3v) is 3.21. The summed E-state index contributed by atoms with van der Waals surface area (Å²) < 4.78 is 0. The Balaban J connectivity index is 2.68. The number of benzene rings is 1. The topological polar surface area (TPSA) is 67.8 Å². The minimum absolute atomic E-state index is 0.148. The minimum atomic E-state index is -1.00. The molecule has 2 amide bonds. The molecule has 0 aliphatic heterocycles. The average molecular weight is 329 g/mol. The van der Waals surface area contributed by atoms with Crippen molar-refractivity contribution in [2.24, 2.45) is 0 Å². The van der Waals surface area contributed by atoms with Gasteiger partial charge >= 0.3 is 6.03 Å². The highest BCUT2D eigenvalue weighted by atomic mass is 35.5. The Labute approximate surface area is 137 Å². The molecule has 0 heterocycles. The molecule has 0 unspecified atom stereocenters. The Morgan fingerprint density at radius 3 is 2.50 bits per heavy atom. The van der Waals surface area contributed by atoms with Crippen molar-refractivity contribution in [3.05, 3.63) is 23.2 Å². The average Bonchev–Trinajstić information content (AvgIpc) is 2.34. The maximum absolute atomic E-state index is 12.0. The fourth-order valence-corrected chi connectivity index (χ4v) is 2.34. The summed E-state index contributed by atoms with van der Waals surface area (Å²) in [6.07, 6.45) is 0. The molecule has 7 heteroatoms. The van der Waals surface area contributed by atoms with E-state index in [1.165, 1.54) is 0 Å². The van der Waals surface area contributed by atoms with Gasteiger partial charge in [0.1, 0.15) is 0 Å². The molecule has 0 saturated carbocycles. The van der Waals surface area contributed by atoms with Crippen molar-refractivity contribution in [1.82, 2.24) is 10.2 Å². The first kappa shape index (κ1) is 18.5. The second-order valence-electron chi connectivity index (χ2n) is 6.10. The molecular weight excluding hydrogens is 304 g/mol. The first-order chi connectivity index (χ1) is 10.1. The van der Waals surface area contributed by atoms with Gasteiger partial charge in [0.15, 0.2) is 0 Å². The molecule has 1 rings (SSSR count). The minimum Gasteiger partial charge on any atom is -0.387 e. The zero-order valence-electron chi connectivity index (χ0n) is 13.8. The molecular formula is C15H25ClN4O2. The number of aliphatic hydroxyl groups is 1. The van der Waals surface area contributed by atoms with Crippen LogP contribution >= 0.6 is 11.6 Å². The lowest BCUT2D eigenvalue weighted by Crippen LogP contribution is -2.48. The predicted octanol–water partition coefficient (Wildman–Crippen LogP) is 1.84. The van der Waals surface area contributed by atoms with Crippen LogP contribution in [-0.2, 0) is 0 Å². The zero-order chi connectivity index (χ0) is 16.9. The number of rotatable bonds is 6. The van der Waals surface area contributed by atoms with Crippen molar-refractivity contribution in [3.63, 3.8) is 0 Å². The van der Waals surface area contributed by atoms with Gasteiger partial charge < -0.3 is 25.5 Å². The van der Waals surface area contributed by atoms with Gasteiger partial charge in [0, 0.05) is 32.2 Å². The maximum atomic E-state index is 12.0. The van der Waals surface area contributed by atoms with E-state index in [9.17, 15) is 9.90 Å². The molecule has 0 radical (unpaired) electrons. The number of likely N-dealkylation sites (N-methyl/N-ethyl adjacent to an activating group) is 1. The molecule has 0 spiro atoms. The van der Waals surface area contributed by atoms with Crippen molar-refractivity contribution < 1.29 is 9.90 Å². The molecule has 3 N–H and O–H groups in total. The van der Waals surface area contributed by atoms with E-state index in [4.69, 9.17) is 11.6 Å². The number of amides is 2. The number of carbonyl (C=O) groups excluding carboxylic acids is 1. The first-order valence-corrected chi connectivity index (χ1v) is 7.37. The highest BCUT2D eigenvalue weighted by Gasteiger charge is 2.22. The molecule has 1 aromatic rings. The Morgan fingerprint density at radius 2 is 1.95 bits per heavy atom. The smallest absolute Gasteiger partial charge is 0.319 e. The Morgan fingerprint density at radius 1 is 1.32 bits per heavy atom. The first-order valence-electron chi connectivity index (χ1n) is 6.99. The van der Waals surface area contributed by atoms with Crippen molar-refractivity contribution >= 4 is 29.0 Å². The summed E-state index contributed by atoms with van der Waals surface area (Å²) >= 11 is 5.98. The van der Waals surface area contributed by atoms with Crippen molar-refractivity contribution in [2.75, 3.05) is 51.5 Å². The van der Waals surface area contributed by atoms with E-state index < -0.39 is 5.60 Å². The van der Waals surface area contributed by atoms with Gasteiger partial charge in [0.2, 0.25) is 0 Å². The van der Waals surface area contributed by atoms with Crippen LogP contribution in [0.3, 0.4) is 0 Å². The van der Waals surface area contributed by atoms with Crippen LogP contribution in [0.2, 0.25) is 5.02 Å². The number of hydrogen-bond acceptors (Lipinski definition) is 4. The number of nitrogens with one attached hydrogen (secondary N) is 2. The molecule has 0 bridgehead atoms. The number of nitrogens with zero attached hydrogens (tertiary/aromatic N) is 2. The van der Waals surface area contributed by atoms with E-state index in [-0.39, 0.29) is 12.6 Å². The number of urea groups is 1. The van der Waals surface area contributed by atoms with Gasteiger partial charge in [-0.2, -0.15) is 0 Å². The Hall–Kier alpha value is -1.50. The van der Waals surface area contributed by atoms with Gasteiger partial charge in [0.05, 0.1) is 17.0 Å². The van der Waals surface area contributed by atoms with Crippen molar-refractivity contribution in [3.8, 4) is 0 Å². The lowest BCUT2D eigenvalue weighted by molar-refractivity contribution is 0.0364. The summed E-state index contributed by atoms with van der Waals surface area (Å²) in [5.74, 6) is 0. The largest absolute Gasteiger partial charge is 0.387 e. The molecule has 0 aliphatic carbocycles. The van der Waals surface area contributed by atoms with Crippen LogP contribution in [0.25, 0.3) is 0 Å². The third-order valence-electron chi connectivity index (χ3n) is 2.98. The summed E-state index contributed by atoms with van der Waals surface area (Å²) in [5.41, 5.74) is 0.460. The monoisotopic (exact) mass is 328 g/mol. The van der Waals surface area contributed by atoms with Crippen molar-refractivity contribution in [2.45, 2.75) is 12.5 Å². The molecule has 0 fully saturated rings. The van der Waals surface area contributed by atoms with Gasteiger partial charge in [0.25, 0.3) is 0 Å². The molecule has 22 heavy (non-hydrogen) atoms. The van der Waals surface area contributed by atoms with Gasteiger partial charge in [-0.25, -0.2) is 4.79 Å². The summed E-state index contributed by atoms with van der Waals surface area (Å²) in [7, 11) is 7.50. The lowest BCUT2D eigenvalue weighted by atomic mass is 10.1. The molecule has 6 nitrogen and oxygen atoms in total. The van der Waals surface area contributed by atoms with Crippen LogP contribution in [-0.4, -0.2) is 62.9 Å². The van der Waals surface area contributed by atoms with E-state index in [0.29, 0.717) is 17.3 Å². The maximum Gasteiger partial charge on any atom is 0.319 e. The van der Waals surface area contributed by atoms with E-state index in [1.54, 1.807) is 19.1 Å². The van der Waals surface area contributed by atoms with E-state index in [0.717, 1.165) is 5.69 Å². The van der Waals surface area contributed by atoms with Crippen LogP contribution in [0.5, 0.6) is 0 Å². The third kappa shape index (κ3) is 6.09. The van der Waals surface area contributed by atoms with Gasteiger partial charge in [-0.1, -0.05) is 11.6 Å². The fraction of sp³-hybridized carbons (Fsp3) is 0.533. The van der Waals surface area contributed by atoms with Crippen LogP contribution < -0.4 is 15.5 Å². The Kier molecular flexibility index (Phi) is 6.47. The standard InChI is InChI=1S/C15H25ClN4O2/c1-15(22,10-19(2)3)9-17-14(21)18-12-8-11(16)6-7-13(12)20(4)5/h6-8,22H,9-10H2,1-5H3,(H2,17,18,21)/t15-/m0/s1. The Bertz CT molecular complexity index is 518. The molecule has 124 valence electrons. The molecule has 1 atom stereocenters. The van der Waals surface area contributed by atoms with E-state index >= 15 is 0 Å². The van der Waals surface area contributed by atoms with Crippen LogP contribution in [0.1, 0.15) is 6.92 Å². The second kappa shape index (κ2) is 7.67. The lowest BCUT2D eigenvalue weighted by Gasteiger charge is -2.27. The second-order valence-corrected chi connectivity index (χ2v) is 6.53. The van der Waals surface area contributed by atoms with E-state index in [1.807, 2.05) is 44.1 Å². The highest BCUT2D eigenvalue weighted by molar-refractivity contribution is 6.31. The number of halogens is 1. The van der Waals surface area contributed by atoms with E-state index in [2.05, 4.69) is 10.6 Å². The molecule has 1 aromatic carbocycles. The SMILES string of the molecule is CN(C)C[C@@](C)(O)CNC(=O)Nc1cc(Cl)ccc1N(C)C. The van der Waals surface area contributed by atoms with Crippen LogP contribution in [0.4, 0.5) is 16.2 Å². The quantitative estimate of drug-likeness (QED) is 0.745. The van der Waals surface area contributed by atoms with Crippen LogP contribution in [0.15, 0.2) is 18.2 Å². The number of anilines is 2. The van der Waals surface area contributed by atoms with Crippen LogP contribution in [0, 0.1) is 0 Å². The number of carbonyl (C=O) groups is 1. The highest BCUT2D eigenvalue weighted by Crippen LogP contribution is 2.27. The van der Waals surface area contributed by atoms with Gasteiger partial charge in [-0.3, -0.25) is 0 Å². The normalized spacial score (nSPS) is 13.6. The fourth-order valence-electron chi connectivity index (χ4n) is 2.17. The van der Waals surface area contributed by atoms with Gasteiger partial charge in [-0.05, 0) is 39.2 Å². The summed E-state index contributed by atoms with van der Waals surface area (Å²) in [4.78, 5) is 15.8. The molecule has 0 saturated heterocycles. The predicted molar refractivity (Wildman–Crippen MR) is 92.0 cm³/mol. The summed E-state index contributed by atoms with van der Waals surface area (Å²) in [6, 6.07) is 4.90. The summed E-state index contributed by atoms with van der Waals surface area (Å²) in [6.45, 7) is 2.28. The molecule has 0 aliphatic rings. The zero-order valence-corrected chi connectivity index (χ0v) is 14.5. The van der Waals surface area contributed by atoms with Gasteiger partial charge in [-0.15, -0.1) is 0 Å². The summed E-state index contributed by atoms with van der Waals surface area (Å²) in [5, 5.41) is 16.1.